The third-order valence-corrected chi connectivity index (χ3v) is 6.53. The van der Waals surface area contributed by atoms with E-state index in [2.05, 4.69) is 5.32 Å². The van der Waals surface area contributed by atoms with Crippen LogP contribution in [0.1, 0.15) is 37.0 Å². The van der Waals surface area contributed by atoms with Crippen LogP contribution in [-0.2, 0) is 26.2 Å². The van der Waals surface area contributed by atoms with Crippen LogP contribution in [0.25, 0.3) is 0 Å². The smallest absolute Gasteiger partial charge is 0.244 e. The summed E-state index contributed by atoms with van der Waals surface area (Å²) in [6.45, 7) is 7.76. The summed E-state index contributed by atoms with van der Waals surface area (Å²) in [4.78, 5) is 27.7. The molecule has 2 aromatic carbocycles. The molecule has 0 aromatic heterocycles. The molecule has 1 atom stereocenters. The van der Waals surface area contributed by atoms with Gasteiger partial charge in [0.1, 0.15) is 12.6 Å². The molecule has 8 heteroatoms. The molecule has 2 aromatic rings. The molecule has 0 saturated carbocycles. The average molecular weight is 460 g/mol. The minimum absolute atomic E-state index is 0.208. The predicted molar refractivity (Wildman–Crippen MR) is 128 cm³/mol. The standard InChI is InChI=1S/C24H33N3O4S/c1-6-22(24(29)25-7-2)26(16-20-11-9-8-10-12-20)23(28)17-27(32(5,30)31)21-14-13-18(3)19(4)15-21/h8-15,22H,6-7,16-17H2,1-5H3,(H,25,29)/t22-/m1/s1. The van der Waals surface area contributed by atoms with Gasteiger partial charge in [0.2, 0.25) is 21.8 Å². The number of aryl methyl sites for hydroxylation is 2. The van der Waals surface area contributed by atoms with E-state index in [1.807, 2.05) is 64.1 Å². The van der Waals surface area contributed by atoms with Crippen molar-refractivity contribution in [3.63, 3.8) is 0 Å². The van der Waals surface area contributed by atoms with Crippen molar-refractivity contribution in [3.8, 4) is 0 Å². The normalized spacial score (nSPS) is 12.2. The molecule has 174 valence electrons. The van der Waals surface area contributed by atoms with Gasteiger partial charge in [-0.2, -0.15) is 0 Å². The van der Waals surface area contributed by atoms with Crippen LogP contribution in [-0.4, -0.2) is 50.5 Å². The third-order valence-electron chi connectivity index (χ3n) is 5.39. The first-order chi connectivity index (χ1) is 15.1. The molecule has 0 aliphatic heterocycles. The molecule has 0 unspecified atom stereocenters. The van der Waals surface area contributed by atoms with Gasteiger partial charge in [0.05, 0.1) is 11.9 Å². The Hall–Kier alpha value is -2.87. The van der Waals surface area contributed by atoms with Gasteiger partial charge in [0.25, 0.3) is 0 Å². The molecule has 32 heavy (non-hydrogen) atoms. The first-order valence-corrected chi connectivity index (χ1v) is 12.6. The topological polar surface area (TPSA) is 86.8 Å². The monoisotopic (exact) mass is 459 g/mol. The molecule has 0 fully saturated rings. The summed E-state index contributed by atoms with van der Waals surface area (Å²) < 4.78 is 26.3. The summed E-state index contributed by atoms with van der Waals surface area (Å²) in [7, 11) is -3.73. The lowest BCUT2D eigenvalue weighted by Gasteiger charge is -2.33. The first kappa shape index (κ1) is 25.4. The van der Waals surface area contributed by atoms with Crippen LogP contribution >= 0.6 is 0 Å². The van der Waals surface area contributed by atoms with Gasteiger partial charge in [-0.25, -0.2) is 8.42 Å². The van der Waals surface area contributed by atoms with Gasteiger partial charge in [-0.3, -0.25) is 13.9 Å². The summed E-state index contributed by atoms with van der Waals surface area (Å²) in [5.41, 5.74) is 3.25. The molecule has 0 heterocycles. The van der Waals surface area contributed by atoms with Crippen molar-refractivity contribution in [2.24, 2.45) is 0 Å². The van der Waals surface area contributed by atoms with Crippen molar-refractivity contribution in [2.45, 2.75) is 46.7 Å². The number of nitrogens with zero attached hydrogens (tertiary/aromatic N) is 2. The van der Waals surface area contributed by atoms with Gasteiger partial charge in [0, 0.05) is 13.1 Å². The maximum atomic E-state index is 13.5. The zero-order chi connectivity index (χ0) is 23.9. The molecule has 2 amide bonds. The van der Waals surface area contributed by atoms with E-state index in [0.29, 0.717) is 18.7 Å². The fourth-order valence-corrected chi connectivity index (χ4v) is 4.33. The fraction of sp³-hybridized carbons (Fsp3) is 0.417. The number of benzene rings is 2. The SMILES string of the molecule is CCNC(=O)[C@@H](CC)N(Cc1ccccc1)C(=O)CN(c1ccc(C)c(C)c1)S(C)(=O)=O. The van der Waals surface area contributed by atoms with E-state index >= 15 is 0 Å². The molecule has 0 bridgehead atoms. The fourth-order valence-electron chi connectivity index (χ4n) is 3.49. The first-order valence-electron chi connectivity index (χ1n) is 10.7. The van der Waals surface area contributed by atoms with Gasteiger partial charge >= 0.3 is 0 Å². The molecule has 0 spiro atoms. The van der Waals surface area contributed by atoms with Crippen LogP contribution in [0.2, 0.25) is 0 Å². The second-order valence-corrected chi connectivity index (χ2v) is 9.77. The number of carbonyl (C=O) groups excluding carboxylic acids is 2. The molecule has 2 rings (SSSR count). The van der Waals surface area contributed by atoms with Crippen molar-refractivity contribution < 1.29 is 18.0 Å². The molecule has 0 aliphatic carbocycles. The zero-order valence-corrected chi connectivity index (χ0v) is 20.3. The summed E-state index contributed by atoms with van der Waals surface area (Å²) in [5, 5.41) is 2.78. The maximum absolute atomic E-state index is 13.5. The van der Waals surface area contributed by atoms with E-state index < -0.39 is 22.0 Å². The second kappa shape index (κ2) is 11.1. The van der Waals surface area contributed by atoms with E-state index in [-0.39, 0.29) is 19.0 Å². The van der Waals surface area contributed by atoms with Gasteiger partial charge in [0.15, 0.2) is 0 Å². The van der Waals surface area contributed by atoms with Gasteiger partial charge in [-0.05, 0) is 56.0 Å². The number of anilines is 1. The summed E-state index contributed by atoms with van der Waals surface area (Å²) >= 11 is 0. The van der Waals surface area contributed by atoms with Crippen molar-refractivity contribution in [1.82, 2.24) is 10.2 Å². The lowest BCUT2D eigenvalue weighted by molar-refractivity contribution is -0.140. The third kappa shape index (κ3) is 6.56. The number of nitrogens with one attached hydrogen (secondary N) is 1. The number of hydrogen-bond donors (Lipinski definition) is 1. The highest BCUT2D eigenvalue weighted by atomic mass is 32.2. The van der Waals surface area contributed by atoms with Crippen molar-refractivity contribution in [2.75, 3.05) is 23.7 Å². The quantitative estimate of drug-likeness (QED) is 0.592. The number of amides is 2. The number of carbonyl (C=O) groups is 2. The number of hydrogen-bond acceptors (Lipinski definition) is 4. The second-order valence-electron chi connectivity index (χ2n) is 7.86. The highest BCUT2D eigenvalue weighted by Crippen LogP contribution is 2.22. The van der Waals surface area contributed by atoms with Crippen LogP contribution in [0.3, 0.4) is 0 Å². The Morgan fingerprint density at radius 3 is 2.19 bits per heavy atom. The lowest BCUT2D eigenvalue weighted by atomic mass is 10.1. The highest BCUT2D eigenvalue weighted by molar-refractivity contribution is 7.92. The van der Waals surface area contributed by atoms with Gasteiger partial charge in [-0.1, -0.05) is 43.3 Å². The Labute approximate surface area is 191 Å². The Bertz CT molecular complexity index is 1040. The number of rotatable bonds is 10. The Morgan fingerprint density at radius 2 is 1.66 bits per heavy atom. The molecule has 0 saturated heterocycles. The van der Waals surface area contributed by atoms with Crippen LogP contribution < -0.4 is 9.62 Å². The Balaban J connectivity index is 2.42. The lowest BCUT2D eigenvalue weighted by Crippen LogP contribution is -2.52. The molecular weight excluding hydrogens is 426 g/mol. The minimum atomic E-state index is -3.73. The number of sulfonamides is 1. The minimum Gasteiger partial charge on any atom is -0.355 e. The average Bonchev–Trinajstić information content (AvgIpc) is 2.74. The summed E-state index contributed by atoms with van der Waals surface area (Å²) in [6, 6.07) is 13.9. The summed E-state index contributed by atoms with van der Waals surface area (Å²) in [6.07, 6.45) is 1.49. The van der Waals surface area contributed by atoms with Crippen molar-refractivity contribution >= 4 is 27.5 Å². The molecular formula is C24H33N3O4S. The van der Waals surface area contributed by atoms with Crippen LogP contribution in [0.4, 0.5) is 5.69 Å². The highest BCUT2D eigenvalue weighted by Gasteiger charge is 2.31. The van der Waals surface area contributed by atoms with Crippen molar-refractivity contribution in [3.05, 3.63) is 65.2 Å². The summed E-state index contributed by atoms with van der Waals surface area (Å²) in [5.74, 6) is -0.688. The number of likely N-dealkylation sites (N-methyl/N-ethyl adjacent to an activating group) is 1. The van der Waals surface area contributed by atoms with Crippen LogP contribution in [0, 0.1) is 13.8 Å². The van der Waals surface area contributed by atoms with E-state index in [1.54, 1.807) is 12.1 Å². The predicted octanol–water partition coefficient (Wildman–Crippen LogP) is 3.01. The van der Waals surface area contributed by atoms with Crippen LogP contribution in [0.15, 0.2) is 48.5 Å². The maximum Gasteiger partial charge on any atom is 0.244 e. The molecule has 0 aliphatic rings. The van der Waals surface area contributed by atoms with Crippen molar-refractivity contribution in [1.29, 1.82) is 0 Å². The van der Waals surface area contributed by atoms with E-state index in [1.165, 1.54) is 4.90 Å². The van der Waals surface area contributed by atoms with E-state index in [9.17, 15) is 18.0 Å². The Morgan fingerprint density at radius 1 is 1.00 bits per heavy atom. The zero-order valence-electron chi connectivity index (χ0n) is 19.5. The van der Waals surface area contributed by atoms with E-state index in [0.717, 1.165) is 27.3 Å². The molecule has 0 radical (unpaired) electrons. The Kier molecular flexibility index (Phi) is 8.83. The van der Waals surface area contributed by atoms with E-state index in [4.69, 9.17) is 0 Å². The van der Waals surface area contributed by atoms with Gasteiger partial charge < -0.3 is 10.2 Å². The molecule has 1 N–H and O–H groups in total. The van der Waals surface area contributed by atoms with Crippen LogP contribution in [0.5, 0.6) is 0 Å². The largest absolute Gasteiger partial charge is 0.355 e. The van der Waals surface area contributed by atoms with Gasteiger partial charge in [-0.15, -0.1) is 0 Å². The molecule has 7 nitrogen and oxygen atoms in total.